The second-order valence-electron chi connectivity index (χ2n) is 3.03. The second kappa shape index (κ2) is 4.34. The van der Waals surface area contributed by atoms with Crippen molar-refractivity contribution >= 4 is 0 Å². The van der Waals surface area contributed by atoms with Crippen molar-refractivity contribution in [3.05, 3.63) is 54.0 Å². The fraction of sp³-hybridized carbons (Fsp3) is 0.0833. The summed E-state index contributed by atoms with van der Waals surface area (Å²) in [6.07, 6.45) is 3.21. The predicted molar refractivity (Wildman–Crippen MR) is 54.2 cm³/mol. The largest absolute Gasteiger partial charge is 0.487 e. The first-order valence-corrected chi connectivity index (χ1v) is 4.53. The molecule has 2 rings (SSSR count). The van der Waals surface area contributed by atoms with E-state index in [0.29, 0.717) is 17.9 Å². The molecule has 3 heteroatoms. The third kappa shape index (κ3) is 2.18. The molecule has 0 saturated carbocycles. The minimum Gasteiger partial charge on any atom is -0.487 e. The quantitative estimate of drug-likeness (QED) is 0.763. The number of para-hydroxylation sites is 1. The van der Waals surface area contributed by atoms with Gasteiger partial charge in [0.2, 0.25) is 0 Å². The lowest BCUT2D eigenvalue weighted by Crippen LogP contribution is -1.95. The lowest BCUT2D eigenvalue weighted by atomic mass is 10.2. The van der Waals surface area contributed by atoms with Gasteiger partial charge in [0, 0.05) is 5.56 Å². The molecule has 0 unspecified atom stereocenters. The molecule has 0 atom stereocenters. The average Bonchev–Trinajstić information content (AvgIpc) is 2.79. The van der Waals surface area contributed by atoms with Crippen LogP contribution in [-0.4, -0.2) is 0 Å². The van der Waals surface area contributed by atoms with E-state index >= 15 is 0 Å². The molecular formula is C12H9NO2. The van der Waals surface area contributed by atoms with E-state index in [1.54, 1.807) is 24.7 Å². The Hall–Kier alpha value is -2.21. The standard InChI is InChI=1S/C12H9NO2/c13-7-11-3-1-2-4-12(11)15-9-10-5-6-14-8-10/h1-6,8H,9H2. The Labute approximate surface area is 87.5 Å². The van der Waals surface area contributed by atoms with Gasteiger partial charge in [-0.05, 0) is 18.2 Å². The van der Waals surface area contributed by atoms with Crippen LogP contribution in [0.15, 0.2) is 47.3 Å². The molecule has 0 aliphatic rings. The van der Waals surface area contributed by atoms with Gasteiger partial charge in [-0.25, -0.2) is 0 Å². The minimum atomic E-state index is 0.412. The van der Waals surface area contributed by atoms with E-state index in [4.69, 9.17) is 14.4 Å². The van der Waals surface area contributed by atoms with Gasteiger partial charge in [-0.1, -0.05) is 12.1 Å². The Kier molecular flexibility index (Phi) is 2.70. The Morgan fingerprint density at radius 2 is 2.13 bits per heavy atom. The van der Waals surface area contributed by atoms with E-state index in [2.05, 4.69) is 6.07 Å². The SMILES string of the molecule is N#Cc1ccccc1OCc1ccoc1. The van der Waals surface area contributed by atoms with E-state index in [9.17, 15) is 0 Å². The minimum absolute atomic E-state index is 0.412. The van der Waals surface area contributed by atoms with Gasteiger partial charge in [0.15, 0.2) is 0 Å². The molecule has 2 aromatic rings. The Morgan fingerprint density at radius 1 is 1.27 bits per heavy atom. The van der Waals surface area contributed by atoms with Gasteiger partial charge in [0.1, 0.15) is 18.4 Å². The lowest BCUT2D eigenvalue weighted by Gasteiger charge is -2.05. The molecule has 0 amide bonds. The summed E-state index contributed by atoms with van der Waals surface area (Å²) in [6.45, 7) is 0.412. The fourth-order valence-electron chi connectivity index (χ4n) is 1.22. The molecular weight excluding hydrogens is 190 g/mol. The van der Waals surface area contributed by atoms with Crippen LogP contribution in [0.2, 0.25) is 0 Å². The van der Waals surface area contributed by atoms with Crippen molar-refractivity contribution in [2.75, 3.05) is 0 Å². The predicted octanol–water partition coefficient (Wildman–Crippen LogP) is 2.73. The van der Waals surface area contributed by atoms with E-state index < -0.39 is 0 Å². The summed E-state index contributed by atoms with van der Waals surface area (Å²) in [5.74, 6) is 0.598. The molecule has 0 aliphatic heterocycles. The number of nitrogens with zero attached hydrogens (tertiary/aromatic N) is 1. The normalized spacial score (nSPS) is 9.53. The molecule has 1 aromatic carbocycles. The van der Waals surface area contributed by atoms with Crippen LogP contribution >= 0.6 is 0 Å². The van der Waals surface area contributed by atoms with Gasteiger partial charge >= 0.3 is 0 Å². The van der Waals surface area contributed by atoms with Crippen molar-refractivity contribution < 1.29 is 9.15 Å². The van der Waals surface area contributed by atoms with Gasteiger partial charge in [-0.3, -0.25) is 0 Å². The number of hydrogen-bond acceptors (Lipinski definition) is 3. The monoisotopic (exact) mass is 199 g/mol. The summed E-state index contributed by atoms with van der Waals surface area (Å²) in [7, 11) is 0. The van der Waals surface area contributed by atoms with Gasteiger partial charge in [-0.15, -0.1) is 0 Å². The van der Waals surface area contributed by atoms with E-state index in [-0.39, 0.29) is 0 Å². The summed E-state index contributed by atoms with van der Waals surface area (Å²) in [6, 6.07) is 11.1. The van der Waals surface area contributed by atoms with E-state index in [1.165, 1.54) is 0 Å². The van der Waals surface area contributed by atoms with Crippen LogP contribution in [0.4, 0.5) is 0 Å². The second-order valence-corrected chi connectivity index (χ2v) is 3.03. The molecule has 0 fully saturated rings. The zero-order valence-corrected chi connectivity index (χ0v) is 8.01. The summed E-state index contributed by atoms with van der Waals surface area (Å²) >= 11 is 0. The molecule has 74 valence electrons. The zero-order chi connectivity index (χ0) is 10.5. The summed E-state index contributed by atoms with van der Waals surface area (Å²) in [4.78, 5) is 0. The third-order valence-electron chi connectivity index (χ3n) is 1.98. The molecule has 3 nitrogen and oxygen atoms in total. The molecule has 0 N–H and O–H groups in total. The number of furan rings is 1. The Morgan fingerprint density at radius 3 is 2.87 bits per heavy atom. The number of nitriles is 1. The Bertz CT molecular complexity index is 469. The van der Waals surface area contributed by atoms with Crippen molar-refractivity contribution in [3.8, 4) is 11.8 Å². The van der Waals surface area contributed by atoms with Gasteiger partial charge in [0.25, 0.3) is 0 Å². The van der Waals surface area contributed by atoms with Crippen LogP contribution in [0.5, 0.6) is 5.75 Å². The van der Waals surface area contributed by atoms with E-state index in [1.807, 2.05) is 18.2 Å². The first-order chi connectivity index (χ1) is 7.40. The summed E-state index contributed by atoms with van der Waals surface area (Å²) < 4.78 is 10.4. The van der Waals surface area contributed by atoms with Gasteiger partial charge in [-0.2, -0.15) is 5.26 Å². The van der Waals surface area contributed by atoms with Crippen molar-refractivity contribution in [1.82, 2.24) is 0 Å². The van der Waals surface area contributed by atoms with Crippen molar-refractivity contribution in [2.24, 2.45) is 0 Å². The maximum absolute atomic E-state index is 8.83. The molecule has 0 saturated heterocycles. The molecule has 0 bridgehead atoms. The number of rotatable bonds is 3. The van der Waals surface area contributed by atoms with Crippen LogP contribution in [0.1, 0.15) is 11.1 Å². The van der Waals surface area contributed by atoms with E-state index in [0.717, 1.165) is 5.56 Å². The fourth-order valence-corrected chi connectivity index (χ4v) is 1.22. The van der Waals surface area contributed by atoms with Crippen LogP contribution in [-0.2, 0) is 6.61 Å². The lowest BCUT2D eigenvalue weighted by molar-refractivity contribution is 0.304. The highest BCUT2D eigenvalue weighted by molar-refractivity contribution is 5.42. The highest BCUT2D eigenvalue weighted by Crippen LogP contribution is 2.18. The molecule has 15 heavy (non-hydrogen) atoms. The van der Waals surface area contributed by atoms with Gasteiger partial charge < -0.3 is 9.15 Å². The van der Waals surface area contributed by atoms with Crippen molar-refractivity contribution in [3.63, 3.8) is 0 Å². The molecule has 0 aliphatic carbocycles. The summed E-state index contributed by atoms with van der Waals surface area (Å²) in [5, 5.41) is 8.83. The first-order valence-electron chi connectivity index (χ1n) is 4.53. The van der Waals surface area contributed by atoms with Crippen LogP contribution < -0.4 is 4.74 Å². The van der Waals surface area contributed by atoms with Crippen LogP contribution in [0.3, 0.4) is 0 Å². The zero-order valence-electron chi connectivity index (χ0n) is 8.01. The number of hydrogen-bond donors (Lipinski definition) is 0. The maximum atomic E-state index is 8.83. The molecule has 1 aromatic heterocycles. The van der Waals surface area contributed by atoms with Gasteiger partial charge in [0.05, 0.1) is 18.1 Å². The topological polar surface area (TPSA) is 46.2 Å². The van der Waals surface area contributed by atoms with Crippen LogP contribution in [0.25, 0.3) is 0 Å². The maximum Gasteiger partial charge on any atom is 0.137 e. The highest BCUT2D eigenvalue weighted by Gasteiger charge is 2.02. The first kappa shape index (κ1) is 9.35. The Balaban J connectivity index is 2.08. The molecule has 0 spiro atoms. The third-order valence-corrected chi connectivity index (χ3v) is 1.98. The average molecular weight is 199 g/mol. The highest BCUT2D eigenvalue weighted by atomic mass is 16.5. The van der Waals surface area contributed by atoms with Crippen molar-refractivity contribution in [2.45, 2.75) is 6.61 Å². The number of ether oxygens (including phenoxy) is 1. The van der Waals surface area contributed by atoms with Crippen molar-refractivity contribution in [1.29, 1.82) is 5.26 Å². The smallest absolute Gasteiger partial charge is 0.137 e. The molecule has 1 heterocycles. The van der Waals surface area contributed by atoms with Crippen LogP contribution in [0, 0.1) is 11.3 Å². The number of benzene rings is 1. The summed E-state index contributed by atoms with van der Waals surface area (Å²) in [5.41, 5.74) is 1.49. The molecule has 0 radical (unpaired) electrons.